The molecule has 1 heteroatoms. The van der Waals surface area contributed by atoms with Gasteiger partial charge in [0.25, 0.3) is 0 Å². The third kappa shape index (κ3) is 1.53. The maximum Gasteiger partial charge on any atom is 0.0332 e. The zero-order chi connectivity index (χ0) is 8.27. The van der Waals surface area contributed by atoms with E-state index in [2.05, 4.69) is 31.8 Å². The van der Waals surface area contributed by atoms with Crippen molar-refractivity contribution < 1.29 is 0 Å². The van der Waals surface area contributed by atoms with Crippen LogP contribution in [0.1, 0.15) is 20.3 Å². The first-order chi connectivity index (χ1) is 5.29. The first kappa shape index (κ1) is 8.12. The van der Waals surface area contributed by atoms with Gasteiger partial charge < -0.3 is 5.32 Å². The molecule has 0 aromatic heterocycles. The minimum atomic E-state index is 1.07. The number of allylic oxidation sites excluding steroid dienone is 4. The average Bonchev–Trinajstić information content (AvgIpc) is 2.50. The van der Waals surface area contributed by atoms with Gasteiger partial charge in [0.15, 0.2) is 0 Å². The van der Waals surface area contributed by atoms with Gasteiger partial charge in [-0.05, 0) is 31.4 Å². The Kier molecular flexibility index (Phi) is 2.53. The summed E-state index contributed by atoms with van der Waals surface area (Å²) in [7, 11) is 0. The summed E-state index contributed by atoms with van der Waals surface area (Å²) in [5, 5.41) is 3.33. The van der Waals surface area contributed by atoms with E-state index < -0.39 is 0 Å². The molecule has 1 rings (SSSR count). The third-order valence-electron chi connectivity index (χ3n) is 2.09. The molecule has 1 fully saturated rings. The Balaban J connectivity index is 2.96. The first-order valence-electron chi connectivity index (χ1n) is 4.02. The lowest BCUT2D eigenvalue weighted by atomic mass is 10.1. The largest absolute Gasteiger partial charge is 0.385 e. The second kappa shape index (κ2) is 3.42. The Hall–Kier alpha value is -0.980. The van der Waals surface area contributed by atoms with E-state index in [1.54, 1.807) is 0 Å². The van der Waals surface area contributed by atoms with Crippen LogP contribution in [-0.4, -0.2) is 6.54 Å². The molecule has 1 saturated heterocycles. The summed E-state index contributed by atoms with van der Waals surface area (Å²) in [6.45, 7) is 9.00. The fourth-order valence-corrected chi connectivity index (χ4v) is 1.37. The van der Waals surface area contributed by atoms with Crippen LogP contribution in [0.4, 0.5) is 0 Å². The third-order valence-corrected chi connectivity index (χ3v) is 2.09. The standard InChI is InChI=1S/C10H15N/c1-4-8(3)9-6-7-11-10(9)5-2/h4-5,11H,1,6-7H2,2-3H3/b9-8-,10-5+. The second-order valence-corrected chi connectivity index (χ2v) is 2.74. The summed E-state index contributed by atoms with van der Waals surface area (Å²) in [5.41, 5.74) is 3.99. The highest BCUT2D eigenvalue weighted by molar-refractivity contribution is 5.40. The van der Waals surface area contributed by atoms with Crippen LogP contribution < -0.4 is 5.32 Å². The van der Waals surface area contributed by atoms with E-state index in [0.29, 0.717) is 0 Å². The Morgan fingerprint density at radius 3 is 2.91 bits per heavy atom. The monoisotopic (exact) mass is 149 g/mol. The highest BCUT2D eigenvalue weighted by atomic mass is 14.9. The number of nitrogens with one attached hydrogen (secondary N) is 1. The van der Waals surface area contributed by atoms with Crippen molar-refractivity contribution in [3.05, 3.63) is 35.6 Å². The maximum atomic E-state index is 3.76. The SMILES string of the molecule is C=C/C(C)=C1/CCN/C1=C/C. The van der Waals surface area contributed by atoms with E-state index in [-0.39, 0.29) is 0 Å². The average molecular weight is 149 g/mol. The van der Waals surface area contributed by atoms with Gasteiger partial charge in [0.1, 0.15) is 0 Å². The van der Waals surface area contributed by atoms with Crippen molar-refractivity contribution in [2.45, 2.75) is 20.3 Å². The Bertz CT molecular complexity index is 221. The molecule has 1 aliphatic heterocycles. The number of rotatable bonds is 1. The molecule has 0 spiro atoms. The van der Waals surface area contributed by atoms with Gasteiger partial charge in [0.05, 0.1) is 0 Å². The minimum absolute atomic E-state index is 1.07. The highest BCUT2D eigenvalue weighted by Gasteiger charge is 2.12. The van der Waals surface area contributed by atoms with Gasteiger partial charge in [-0.1, -0.05) is 18.7 Å². The molecule has 0 aromatic rings. The molecule has 11 heavy (non-hydrogen) atoms. The fourth-order valence-electron chi connectivity index (χ4n) is 1.37. The van der Waals surface area contributed by atoms with Gasteiger partial charge in [-0.3, -0.25) is 0 Å². The van der Waals surface area contributed by atoms with Crippen LogP contribution in [0.2, 0.25) is 0 Å². The van der Waals surface area contributed by atoms with E-state index in [0.717, 1.165) is 13.0 Å². The number of hydrogen-bond acceptors (Lipinski definition) is 1. The minimum Gasteiger partial charge on any atom is -0.385 e. The van der Waals surface area contributed by atoms with Crippen LogP contribution in [0.3, 0.4) is 0 Å². The van der Waals surface area contributed by atoms with E-state index >= 15 is 0 Å². The van der Waals surface area contributed by atoms with E-state index in [1.165, 1.54) is 16.8 Å². The topological polar surface area (TPSA) is 12.0 Å². The molecule has 1 nitrogen and oxygen atoms in total. The molecule has 0 aromatic carbocycles. The van der Waals surface area contributed by atoms with Crippen LogP contribution in [0.15, 0.2) is 35.6 Å². The smallest absolute Gasteiger partial charge is 0.0332 e. The summed E-state index contributed by atoms with van der Waals surface area (Å²) >= 11 is 0. The van der Waals surface area contributed by atoms with E-state index in [9.17, 15) is 0 Å². The molecule has 60 valence electrons. The molecule has 1 heterocycles. The Morgan fingerprint density at radius 1 is 1.64 bits per heavy atom. The molecule has 1 N–H and O–H groups in total. The van der Waals surface area contributed by atoms with Crippen molar-refractivity contribution in [1.29, 1.82) is 0 Å². The molecule has 0 bridgehead atoms. The van der Waals surface area contributed by atoms with Gasteiger partial charge in [0, 0.05) is 12.2 Å². The predicted molar refractivity (Wildman–Crippen MR) is 49.3 cm³/mol. The summed E-state index contributed by atoms with van der Waals surface area (Å²) in [6.07, 6.45) is 5.18. The van der Waals surface area contributed by atoms with Crippen molar-refractivity contribution in [2.75, 3.05) is 6.54 Å². The van der Waals surface area contributed by atoms with E-state index in [4.69, 9.17) is 0 Å². The van der Waals surface area contributed by atoms with E-state index in [1.807, 2.05) is 6.08 Å². The summed E-state index contributed by atoms with van der Waals surface area (Å²) in [5.74, 6) is 0. The van der Waals surface area contributed by atoms with Crippen molar-refractivity contribution in [2.24, 2.45) is 0 Å². The zero-order valence-corrected chi connectivity index (χ0v) is 7.28. The van der Waals surface area contributed by atoms with Crippen molar-refractivity contribution >= 4 is 0 Å². The molecule has 0 aliphatic carbocycles. The normalized spacial score (nSPS) is 25.1. The van der Waals surface area contributed by atoms with Crippen molar-refractivity contribution in [1.82, 2.24) is 5.32 Å². The predicted octanol–water partition coefficient (Wildman–Crippen LogP) is 2.39. The van der Waals surface area contributed by atoms with Crippen LogP contribution in [0.25, 0.3) is 0 Å². The lowest BCUT2D eigenvalue weighted by Gasteiger charge is -2.01. The van der Waals surface area contributed by atoms with Gasteiger partial charge in [-0.15, -0.1) is 0 Å². The summed E-state index contributed by atoms with van der Waals surface area (Å²) in [4.78, 5) is 0. The van der Waals surface area contributed by atoms with Crippen LogP contribution >= 0.6 is 0 Å². The van der Waals surface area contributed by atoms with Crippen molar-refractivity contribution in [3.63, 3.8) is 0 Å². The molecule has 0 saturated carbocycles. The molecule has 0 unspecified atom stereocenters. The van der Waals surface area contributed by atoms with Crippen LogP contribution in [0.5, 0.6) is 0 Å². The first-order valence-corrected chi connectivity index (χ1v) is 4.02. The lowest BCUT2D eigenvalue weighted by molar-refractivity contribution is 0.913. The number of hydrogen-bond donors (Lipinski definition) is 1. The van der Waals surface area contributed by atoms with Gasteiger partial charge in [-0.25, -0.2) is 0 Å². The van der Waals surface area contributed by atoms with Crippen LogP contribution in [-0.2, 0) is 0 Å². The molecular weight excluding hydrogens is 134 g/mol. The fraction of sp³-hybridized carbons (Fsp3) is 0.400. The Labute approximate surface area is 68.5 Å². The molecular formula is C10H15N. The molecule has 1 aliphatic rings. The molecule has 0 atom stereocenters. The maximum absolute atomic E-state index is 3.76. The summed E-state index contributed by atoms with van der Waals surface area (Å²) in [6, 6.07) is 0. The zero-order valence-electron chi connectivity index (χ0n) is 7.28. The summed E-state index contributed by atoms with van der Waals surface area (Å²) < 4.78 is 0. The van der Waals surface area contributed by atoms with Crippen molar-refractivity contribution in [3.8, 4) is 0 Å². The van der Waals surface area contributed by atoms with Gasteiger partial charge >= 0.3 is 0 Å². The Morgan fingerprint density at radius 2 is 2.36 bits per heavy atom. The molecule has 0 amide bonds. The molecule has 0 radical (unpaired) electrons. The van der Waals surface area contributed by atoms with Gasteiger partial charge in [0.2, 0.25) is 0 Å². The lowest BCUT2D eigenvalue weighted by Crippen LogP contribution is -2.03. The highest BCUT2D eigenvalue weighted by Crippen LogP contribution is 2.21. The quantitative estimate of drug-likeness (QED) is 0.603. The van der Waals surface area contributed by atoms with Gasteiger partial charge in [-0.2, -0.15) is 0 Å². The van der Waals surface area contributed by atoms with Crippen LogP contribution in [0, 0.1) is 0 Å². The second-order valence-electron chi connectivity index (χ2n) is 2.74.